The van der Waals surface area contributed by atoms with Gasteiger partial charge in [-0.3, -0.25) is 0 Å². The predicted molar refractivity (Wildman–Crippen MR) is 77.2 cm³/mol. The van der Waals surface area contributed by atoms with Gasteiger partial charge in [-0.05, 0) is 52.9 Å². The van der Waals surface area contributed by atoms with Gasteiger partial charge in [0.25, 0.3) is 0 Å². The monoisotopic (exact) mass is 377 g/mol. The number of hydrogen-bond acceptors (Lipinski definition) is 3. The Morgan fingerprint density at radius 3 is 2.78 bits per heavy atom. The molecule has 2 aromatic rings. The van der Waals surface area contributed by atoms with Crippen molar-refractivity contribution in [1.29, 1.82) is 0 Å². The number of aromatic carboxylic acids is 1. The molecule has 0 atom stereocenters. The molecule has 0 saturated carbocycles. The maximum Gasteiger partial charge on any atom is 0.371 e. The average molecular weight is 378 g/mol. The molecule has 0 amide bonds. The molecule has 0 aliphatic rings. The van der Waals surface area contributed by atoms with Gasteiger partial charge in [-0.2, -0.15) is 0 Å². The van der Waals surface area contributed by atoms with Crippen molar-refractivity contribution >= 4 is 45.8 Å². The highest BCUT2D eigenvalue weighted by molar-refractivity contribution is 14.1. The largest absolute Gasteiger partial charge is 0.475 e. The molecule has 0 radical (unpaired) electrons. The maximum atomic E-state index is 10.6. The van der Waals surface area contributed by atoms with E-state index in [1.54, 1.807) is 6.07 Å². The summed E-state index contributed by atoms with van der Waals surface area (Å²) in [4.78, 5) is 10.6. The van der Waals surface area contributed by atoms with Crippen LogP contribution in [0, 0.1) is 3.57 Å². The van der Waals surface area contributed by atoms with Crippen molar-refractivity contribution in [3.8, 4) is 0 Å². The van der Waals surface area contributed by atoms with E-state index in [1.807, 2.05) is 18.2 Å². The van der Waals surface area contributed by atoms with Crippen LogP contribution in [0.2, 0.25) is 5.02 Å². The molecule has 1 heterocycles. The van der Waals surface area contributed by atoms with E-state index >= 15 is 0 Å². The minimum Gasteiger partial charge on any atom is -0.475 e. The van der Waals surface area contributed by atoms with Crippen LogP contribution in [0.15, 0.2) is 34.7 Å². The molecule has 0 aliphatic carbocycles. The topological polar surface area (TPSA) is 62.5 Å². The zero-order chi connectivity index (χ0) is 13.1. The first-order valence-corrected chi connectivity index (χ1v) is 6.53. The molecule has 0 bridgehead atoms. The second-order valence-corrected chi connectivity index (χ2v) is 5.20. The minimum atomic E-state index is -1.08. The van der Waals surface area contributed by atoms with Gasteiger partial charge in [0.15, 0.2) is 0 Å². The Kier molecular flexibility index (Phi) is 4.13. The second-order valence-electron chi connectivity index (χ2n) is 3.55. The van der Waals surface area contributed by atoms with Gasteiger partial charge in [0.1, 0.15) is 5.76 Å². The molecule has 1 aromatic carbocycles. The summed E-state index contributed by atoms with van der Waals surface area (Å²) in [6.07, 6.45) is 0. The molecule has 0 unspecified atom stereocenters. The zero-order valence-corrected chi connectivity index (χ0v) is 12.0. The van der Waals surface area contributed by atoms with Crippen molar-refractivity contribution in [3.05, 3.63) is 50.4 Å². The molecule has 6 heteroatoms. The van der Waals surface area contributed by atoms with E-state index in [1.165, 1.54) is 6.07 Å². The Balaban J connectivity index is 2.04. The van der Waals surface area contributed by atoms with Gasteiger partial charge >= 0.3 is 5.97 Å². The number of carboxylic acid groups (broad SMARTS) is 1. The van der Waals surface area contributed by atoms with Crippen molar-refractivity contribution in [1.82, 2.24) is 0 Å². The highest BCUT2D eigenvalue weighted by atomic mass is 127. The number of furan rings is 1. The number of anilines is 1. The zero-order valence-electron chi connectivity index (χ0n) is 9.11. The molecule has 0 aliphatic heterocycles. The lowest BCUT2D eigenvalue weighted by molar-refractivity contribution is 0.0660. The fourth-order valence-electron chi connectivity index (χ4n) is 1.40. The Hall–Kier alpha value is -1.21. The summed E-state index contributed by atoms with van der Waals surface area (Å²) in [5.41, 5.74) is 0.783. The third-order valence-corrected chi connectivity index (χ3v) is 3.24. The number of halogens is 2. The molecule has 2 rings (SSSR count). The Bertz CT molecular complexity index is 582. The van der Waals surface area contributed by atoms with E-state index in [4.69, 9.17) is 21.1 Å². The number of hydrogen-bond donors (Lipinski definition) is 2. The van der Waals surface area contributed by atoms with Gasteiger partial charge < -0.3 is 14.8 Å². The average Bonchev–Trinajstić information content (AvgIpc) is 2.76. The number of nitrogens with one attached hydrogen (secondary N) is 1. The van der Waals surface area contributed by atoms with Crippen molar-refractivity contribution in [3.63, 3.8) is 0 Å². The Morgan fingerprint density at radius 1 is 1.39 bits per heavy atom. The van der Waals surface area contributed by atoms with Gasteiger partial charge in [-0.15, -0.1) is 0 Å². The third kappa shape index (κ3) is 3.17. The lowest BCUT2D eigenvalue weighted by Crippen LogP contribution is -1.99. The van der Waals surface area contributed by atoms with Crippen LogP contribution in [0.4, 0.5) is 5.69 Å². The van der Waals surface area contributed by atoms with Crippen LogP contribution < -0.4 is 5.32 Å². The molecule has 2 N–H and O–H groups in total. The summed E-state index contributed by atoms with van der Waals surface area (Å²) in [7, 11) is 0. The fraction of sp³-hybridized carbons (Fsp3) is 0.0833. The van der Waals surface area contributed by atoms with E-state index in [2.05, 4.69) is 27.9 Å². The van der Waals surface area contributed by atoms with Crippen LogP contribution in [0.25, 0.3) is 0 Å². The van der Waals surface area contributed by atoms with Gasteiger partial charge in [-0.25, -0.2) is 4.79 Å². The summed E-state index contributed by atoms with van der Waals surface area (Å²) < 4.78 is 6.17. The number of benzene rings is 1. The molecule has 94 valence electrons. The first kappa shape index (κ1) is 13.2. The summed E-state index contributed by atoms with van der Waals surface area (Å²) in [5, 5.41) is 12.4. The number of carboxylic acids is 1. The number of carbonyl (C=O) groups is 1. The highest BCUT2D eigenvalue weighted by Gasteiger charge is 2.09. The number of rotatable bonds is 4. The van der Waals surface area contributed by atoms with Crippen molar-refractivity contribution in [2.24, 2.45) is 0 Å². The standard InChI is InChI=1S/C12H9ClINO3/c13-9-5-7(14)1-3-10(9)15-6-8-2-4-11(18-8)12(16)17/h1-5,15H,6H2,(H,16,17). The van der Waals surface area contributed by atoms with E-state index in [0.29, 0.717) is 17.3 Å². The van der Waals surface area contributed by atoms with Crippen molar-refractivity contribution < 1.29 is 14.3 Å². The quantitative estimate of drug-likeness (QED) is 0.795. The molecule has 0 fully saturated rings. The first-order valence-electron chi connectivity index (χ1n) is 5.07. The fourth-order valence-corrected chi connectivity index (χ4v) is 2.33. The molecule has 18 heavy (non-hydrogen) atoms. The second kappa shape index (κ2) is 5.62. The van der Waals surface area contributed by atoms with Crippen LogP contribution in [-0.4, -0.2) is 11.1 Å². The van der Waals surface area contributed by atoms with E-state index in [0.717, 1.165) is 9.26 Å². The van der Waals surface area contributed by atoms with Crippen molar-refractivity contribution in [2.45, 2.75) is 6.54 Å². The molecular formula is C12H9ClINO3. The van der Waals surface area contributed by atoms with Crippen LogP contribution in [-0.2, 0) is 6.54 Å². The molecule has 4 nitrogen and oxygen atoms in total. The van der Waals surface area contributed by atoms with Crippen LogP contribution >= 0.6 is 34.2 Å². The van der Waals surface area contributed by atoms with Gasteiger partial charge in [0, 0.05) is 3.57 Å². The Morgan fingerprint density at radius 2 is 2.17 bits per heavy atom. The SMILES string of the molecule is O=C(O)c1ccc(CNc2ccc(I)cc2Cl)o1. The minimum absolute atomic E-state index is 0.0690. The molecular weight excluding hydrogens is 368 g/mol. The maximum absolute atomic E-state index is 10.6. The lowest BCUT2D eigenvalue weighted by atomic mass is 10.3. The van der Waals surface area contributed by atoms with Crippen LogP contribution in [0.5, 0.6) is 0 Å². The lowest BCUT2D eigenvalue weighted by Gasteiger charge is -2.06. The smallest absolute Gasteiger partial charge is 0.371 e. The Labute approximate surface area is 122 Å². The van der Waals surface area contributed by atoms with E-state index < -0.39 is 5.97 Å². The van der Waals surface area contributed by atoms with Gasteiger partial charge in [0.05, 0.1) is 17.3 Å². The summed E-state index contributed by atoms with van der Waals surface area (Å²) in [6, 6.07) is 8.69. The predicted octanol–water partition coefficient (Wildman–Crippen LogP) is 3.85. The first-order chi connectivity index (χ1) is 8.56. The molecule has 0 saturated heterocycles. The summed E-state index contributed by atoms with van der Waals surface area (Å²) >= 11 is 8.24. The molecule has 0 spiro atoms. The normalized spacial score (nSPS) is 10.3. The molecule has 1 aromatic heterocycles. The van der Waals surface area contributed by atoms with Crippen LogP contribution in [0.1, 0.15) is 16.3 Å². The van der Waals surface area contributed by atoms with Crippen LogP contribution in [0.3, 0.4) is 0 Å². The summed E-state index contributed by atoms with van der Waals surface area (Å²) in [6.45, 7) is 0.383. The highest BCUT2D eigenvalue weighted by Crippen LogP contribution is 2.24. The summed E-state index contributed by atoms with van der Waals surface area (Å²) in [5.74, 6) is -0.601. The van der Waals surface area contributed by atoms with Gasteiger partial charge in [0.2, 0.25) is 5.76 Å². The van der Waals surface area contributed by atoms with E-state index in [9.17, 15) is 4.79 Å². The third-order valence-electron chi connectivity index (χ3n) is 2.26. The van der Waals surface area contributed by atoms with Crippen molar-refractivity contribution in [2.75, 3.05) is 5.32 Å². The van der Waals surface area contributed by atoms with Gasteiger partial charge in [-0.1, -0.05) is 11.6 Å². The van der Waals surface area contributed by atoms with E-state index in [-0.39, 0.29) is 5.76 Å².